The van der Waals surface area contributed by atoms with Crippen molar-refractivity contribution in [1.82, 2.24) is 0 Å². The van der Waals surface area contributed by atoms with Crippen molar-refractivity contribution in [3.8, 4) is 0 Å². The van der Waals surface area contributed by atoms with Gasteiger partial charge in [0.1, 0.15) is 0 Å². The molecule has 2 aliphatic carbocycles. The van der Waals surface area contributed by atoms with Crippen molar-refractivity contribution in [2.75, 3.05) is 0 Å². The molecule has 11 heavy (non-hydrogen) atoms. The normalized spacial score (nSPS) is 37.9. The van der Waals surface area contributed by atoms with Gasteiger partial charge in [-0.3, -0.25) is 0 Å². The molecule has 0 bridgehead atoms. The molecule has 0 nitrogen and oxygen atoms in total. The molecule has 2 unspecified atom stereocenters. The summed E-state index contributed by atoms with van der Waals surface area (Å²) in [6.07, 6.45) is 6.04. The van der Waals surface area contributed by atoms with E-state index in [2.05, 4.69) is 20.8 Å². The second-order valence-electron chi connectivity index (χ2n) is 5.35. The highest BCUT2D eigenvalue weighted by atomic mass is 14.6. The zero-order valence-corrected chi connectivity index (χ0v) is 8.06. The largest absolute Gasteiger partial charge is 0.0620 e. The van der Waals surface area contributed by atoms with Gasteiger partial charge in [0.15, 0.2) is 0 Å². The Hall–Kier alpha value is 0. The first-order valence-electron chi connectivity index (χ1n) is 5.11. The zero-order valence-electron chi connectivity index (χ0n) is 8.06. The average molecular weight is 152 g/mol. The fraction of sp³-hybridized carbons (Fsp3) is 1.00. The van der Waals surface area contributed by atoms with Crippen LogP contribution in [0.25, 0.3) is 0 Å². The maximum atomic E-state index is 2.48. The molecule has 2 aliphatic rings. The summed E-state index contributed by atoms with van der Waals surface area (Å²) in [4.78, 5) is 0. The Bertz CT molecular complexity index is 153. The van der Waals surface area contributed by atoms with Crippen LogP contribution in [0, 0.1) is 23.2 Å². The molecule has 0 saturated heterocycles. The molecule has 2 fully saturated rings. The lowest BCUT2D eigenvalue weighted by Crippen LogP contribution is -2.22. The van der Waals surface area contributed by atoms with Crippen molar-refractivity contribution in [3.05, 3.63) is 0 Å². The lowest BCUT2D eigenvalue weighted by molar-refractivity contribution is 0.185. The standard InChI is InChI=1S/C11H20/c1-8(9-5-4-6-9)10-7-11(10,2)3/h8-10H,4-7H2,1-3H3. The SMILES string of the molecule is CC(C1CCC1)C1CC1(C)C. The van der Waals surface area contributed by atoms with E-state index in [0.29, 0.717) is 5.41 Å². The molecule has 0 aromatic carbocycles. The van der Waals surface area contributed by atoms with Gasteiger partial charge in [0.05, 0.1) is 0 Å². The molecule has 2 saturated carbocycles. The van der Waals surface area contributed by atoms with Gasteiger partial charge in [-0.25, -0.2) is 0 Å². The summed E-state index contributed by atoms with van der Waals surface area (Å²) in [5.74, 6) is 3.19. The fourth-order valence-electron chi connectivity index (χ4n) is 2.70. The van der Waals surface area contributed by atoms with Gasteiger partial charge in [0, 0.05) is 0 Å². The maximum Gasteiger partial charge on any atom is -0.0320 e. The Balaban J connectivity index is 1.86. The van der Waals surface area contributed by atoms with Crippen LogP contribution in [-0.4, -0.2) is 0 Å². The number of rotatable bonds is 2. The Morgan fingerprint density at radius 2 is 1.82 bits per heavy atom. The van der Waals surface area contributed by atoms with Crippen molar-refractivity contribution in [3.63, 3.8) is 0 Å². The van der Waals surface area contributed by atoms with E-state index in [1.165, 1.54) is 25.7 Å². The summed E-state index contributed by atoms with van der Waals surface area (Å²) in [5.41, 5.74) is 0.703. The molecular weight excluding hydrogens is 132 g/mol. The lowest BCUT2D eigenvalue weighted by atomic mass is 9.73. The van der Waals surface area contributed by atoms with Crippen LogP contribution < -0.4 is 0 Å². The minimum Gasteiger partial charge on any atom is -0.0620 e. The Kier molecular flexibility index (Phi) is 1.56. The third-order valence-electron chi connectivity index (χ3n) is 4.12. The molecule has 0 spiro atoms. The third kappa shape index (κ3) is 1.21. The highest BCUT2D eigenvalue weighted by molar-refractivity contribution is 5.00. The molecule has 2 atom stereocenters. The minimum absolute atomic E-state index is 0.703. The molecule has 0 aromatic rings. The predicted octanol–water partition coefficient (Wildman–Crippen LogP) is 3.47. The molecule has 0 heterocycles. The monoisotopic (exact) mass is 152 g/mol. The van der Waals surface area contributed by atoms with Crippen LogP contribution in [0.4, 0.5) is 0 Å². The van der Waals surface area contributed by atoms with E-state index in [1.54, 1.807) is 0 Å². The van der Waals surface area contributed by atoms with E-state index in [-0.39, 0.29) is 0 Å². The van der Waals surface area contributed by atoms with Crippen LogP contribution in [0.3, 0.4) is 0 Å². The molecular formula is C11H20. The van der Waals surface area contributed by atoms with Gasteiger partial charge >= 0.3 is 0 Å². The molecule has 0 aliphatic heterocycles. The van der Waals surface area contributed by atoms with Gasteiger partial charge in [-0.05, 0) is 29.6 Å². The van der Waals surface area contributed by atoms with Gasteiger partial charge < -0.3 is 0 Å². The topological polar surface area (TPSA) is 0 Å². The van der Waals surface area contributed by atoms with E-state index < -0.39 is 0 Å². The number of hydrogen-bond donors (Lipinski definition) is 0. The van der Waals surface area contributed by atoms with Gasteiger partial charge in [-0.1, -0.05) is 40.0 Å². The van der Waals surface area contributed by atoms with Crippen molar-refractivity contribution >= 4 is 0 Å². The van der Waals surface area contributed by atoms with Gasteiger partial charge in [-0.2, -0.15) is 0 Å². The smallest absolute Gasteiger partial charge is 0.0320 e. The molecule has 0 radical (unpaired) electrons. The van der Waals surface area contributed by atoms with Crippen molar-refractivity contribution in [2.24, 2.45) is 23.2 Å². The molecule has 0 aromatic heterocycles. The molecule has 0 amide bonds. The van der Waals surface area contributed by atoms with Gasteiger partial charge in [0.25, 0.3) is 0 Å². The Morgan fingerprint density at radius 3 is 2.09 bits per heavy atom. The van der Waals surface area contributed by atoms with Crippen LogP contribution in [0.15, 0.2) is 0 Å². The van der Waals surface area contributed by atoms with E-state index in [0.717, 1.165) is 17.8 Å². The minimum atomic E-state index is 0.703. The lowest BCUT2D eigenvalue weighted by Gasteiger charge is -2.32. The van der Waals surface area contributed by atoms with Gasteiger partial charge in [-0.15, -0.1) is 0 Å². The Labute approximate surface area is 70.4 Å². The number of hydrogen-bond acceptors (Lipinski definition) is 0. The average Bonchev–Trinajstić information content (AvgIpc) is 2.35. The van der Waals surface area contributed by atoms with Crippen molar-refractivity contribution < 1.29 is 0 Å². The summed E-state index contributed by atoms with van der Waals surface area (Å²) >= 11 is 0. The molecule has 2 rings (SSSR count). The highest BCUT2D eigenvalue weighted by Gasteiger charge is 2.50. The first kappa shape index (κ1) is 7.64. The van der Waals surface area contributed by atoms with E-state index in [9.17, 15) is 0 Å². The quantitative estimate of drug-likeness (QED) is 0.568. The van der Waals surface area contributed by atoms with Crippen molar-refractivity contribution in [2.45, 2.75) is 46.5 Å². The van der Waals surface area contributed by atoms with Crippen LogP contribution in [0.5, 0.6) is 0 Å². The summed E-state index contributed by atoms with van der Waals surface area (Å²) in [6.45, 7) is 7.32. The summed E-state index contributed by atoms with van der Waals surface area (Å²) in [5, 5.41) is 0. The second-order valence-corrected chi connectivity index (χ2v) is 5.35. The van der Waals surface area contributed by atoms with E-state index in [1.807, 2.05) is 0 Å². The fourth-order valence-corrected chi connectivity index (χ4v) is 2.70. The molecule has 0 N–H and O–H groups in total. The summed E-state index contributed by atoms with van der Waals surface area (Å²) in [7, 11) is 0. The summed E-state index contributed by atoms with van der Waals surface area (Å²) < 4.78 is 0. The second kappa shape index (κ2) is 2.24. The zero-order chi connectivity index (χ0) is 8.06. The van der Waals surface area contributed by atoms with Crippen LogP contribution in [-0.2, 0) is 0 Å². The third-order valence-corrected chi connectivity index (χ3v) is 4.12. The Morgan fingerprint density at radius 1 is 1.27 bits per heavy atom. The molecule has 0 heteroatoms. The van der Waals surface area contributed by atoms with Crippen LogP contribution in [0.1, 0.15) is 46.5 Å². The van der Waals surface area contributed by atoms with Crippen LogP contribution in [0.2, 0.25) is 0 Å². The summed E-state index contributed by atoms with van der Waals surface area (Å²) in [6, 6.07) is 0. The first-order valence-corrected chi connectivity index (χ1v) is 5.11. The van der Waals surface area contributed by atoms with E-state index >= 15 is 0 Å². The van der Waals surface area contributed by atoms with Crippen molar-refractivity contribution in [1.29, 1.82) is 0 Å². The highest BCUT2D eigenvalue weighted by Crippen LogP contribution is 2.59. The van der Waals surface area contributed by atoms with Crippen LogP contribution >= 0.6 is 0 Å². The predicted molar refractivity (Wildman–Crippen MR) is 48.4 cm³/mol. The molecule has 64 valence electrons. The first-order chi connectivity index (χ1) is 5.11. The van der Waals surface area contributed by atoms with E-state index in [4.69, 9.17) is 0 Å². The maximum absolute atomic E-state index is 2.48. The van der Waals surface area contributed by atoms with Gasteiger partial charge in [0.2, 0.25) is 0 Å².